The summed E-state index contributed by atoms with van der Waals surface area (Å²) in [6.07, 6.45) is -1.43. The van der Waals surface area contributed by atoms with Gasteiger partial charge in [-0.1, -0.05) is 0 Å². The largest absolute Gasteiger partial charge is 0.285 e. The minimum Gasteiger partial charge on any atom is -0.285 e. The van der Waals surface area contributed by atoms with Crippen LogP contribution in [0.4, 0.5) is 0 Å². The Bertz CT molecular complexity index is 731. The highest BCUT2D eigenvalue weighted by atomic mass is 32.2. The molecule has 2 rings (SSSR count). The highest BCUT2D eigenvalue weighted by Crippen LogP contribution is 2.17. The molecule has 0 aliphatic carbocycles. The average Bonchev–Trinajstić information content (AvgIpc) is 2.84. The standard InChI is InChI=1S/2C4H5NO6S/c2*6-3-1-2(12(9,10)11)4(7)5(3)8/h2*2,8H,1H2,(H,9,10,11). The van der Waals surface area contributed by atoms with Crippen molar-refractivity contribution >= 4 is 43.9 Å². The fourth-order valence-corrected chi connectivity index (χ4v) is 3.06. The number of carbonyl (C=O) groups excluding carboxylic acids is 4. The minimum atomic E-state index is -4.59. The summed E-state index contributed by atoms with van der Waals surface area (Å²) < 4.78 is 58.3. The Morgan fingerprint density at radius 2 is 0.958 bits per heavy atom. The smallest absolute Gasteiger partial charge is 0.277 e. The van der Waals surface area contributed by atoms with Gasteiger partial charge in [-0.2, -0.15) is 27.0 Å². The summed E-state index contributed by atoms with van der Waals surface area (Å²) in [6.45, 7) is 0. The molecule has 0 aromatic rings. The number of rotatable bonds is 2. The fourth-order valence-electron chi connectivity index (χ4n) is 1.65. The molecule has 2 aliphatic heterocycles. The lowest BCUT2D eigenvalue weighted by molar-refractivity contribution is -0.172. The number of amides is 4. The summed E-state index contributed by atoms with van der Waals surface area (Å²) in [6, 6.07) is 0. The minimum absolute atomic E-state index is 0.307. The predicted octanol–water partition coefficient (Wildman–Crippen LogP) is -3.22. The van der Waals surface area contributed by atoms with Crippen LogP contribution < -0.4 is 0 Å². The number of carbonyl (C=O) groups is 4. The number of nitrogens with zero attached hydrogens (tertiary/aromatic N) is 2. The van der Waals surface area contributed by atoms with Crippen LogP contribution in [0.5, 0.6) is 0 Å². The van der Waals surface area contributed by atoms with Gasteiger partial charge in [0.15, 0.2) is 10.5 Å². The van der Waals surface area contributed by atoms with Crippen molar-refractivity contribution in [1.29, 1.82) is 0 Å². The lowest BCUT2D eigenvalue weighted by atomic mass is 10.4. The molecular formula is C8H10N2O12S2. The van der Waals surface area contributed by atoms with Crippen LogP contribution in [0.15, 0.2) is 0 Å². The van der Waals surface area contributed by atoms with E-state index in [9.17, 15) is 36.0 Å². The number of hydrogen-bond donors (Lipinski definition) is 4. The van der Waals surface area contributed by atoms with E-state index in [2.05, 4.69) is 0 Å². The first-order valence-electron chi connectivity index (χ1n) is 5.72. The Labute approximate surface area is 133 Å². The average molecular weight is 390 g/mol. The summed E-state index contributed by atoms with van der Waals surface area (Å²) >= 11 is 0. The van der Waals surface area contributed by atoms with Gasteiger partial charge in [-0.15, -0.1) is 0 Å². The van der Waals surface area contributed by atoms with Gasteiger partial charge in [0.05, 0.1) is 12.8 Å². The molecule has 2 unspecified atom stereocenters. The van der Waals surface area contributed by atoms with Gasteiger partial charge in [0, 0.05) is 0 Å². The SMILES string of the molecule is O=C1CC(S(=O)(=O)O)C(=O)N1O.O=C1CC(S(=O)(=O)O)C(=O)N1O. The van der Waals surface area contributed by atoms with Gasteiger partial charge < -0.3 is 0 Å². The molecule has 24 heavy (non-hydrogen) atoms. The first-order chi connectivity index (χ1) is 10.7. The molecule has 4 amide bonds. The van der Waals surface area contributed by atoms with Gasteiger partial charge in [0.1, 0.15) is 0 Å². The second-order valence-electron chi connectivity index (χ2n) is 4.50. The monoisotopic (exact) mass is 390 g/mol. The number of hydroxylamine groups is 4. The van der Waals surface area contributed by atoms with E-state index in [1.165, 1.54) is 0 Å². The Morgan fingerprint density at radius 1 is 0.708 bits per heavy atom. The van der Waals surface area contributed by atoms with Crippen molar-refractivity contribution in [3.05, 3.63) is 0 Å². The molecule has 0 bridgehead atoms. The summed E-state index contributed by atoms with van der Waals surface area (Å²) in [7, 11) is -9.18. The third kappa shape index (κ3) is 4.10. The van der Waals surface area contributed by atoms with Gasteiger partial charge in [-0.25, -0.2) is 0 Å². The van der Waals surface area contributed by atoms with Gasteiger partial charge >= 0.3 is 0 Å². The zero-order valence-corrected chi connectivity index (χ0v) is 13.0. The molecule has 0 spiro atoms. The molecule has 4 N–H and O–H groups in total. The van der Waals surface area contributed by atoms with Crippen LogP contribution in [0.1, 0.15) is 12.8 Å². The topological polar surface area (TPSA) is 224 Å². The van der Waals surface area contributed by atoms with E-state index in [-0.39, 0.29) is 10.1 Å². The molecule has 0 aromatic carbocycles. The van der Waals surface area contributed by atoms with Crippen molar-refractivity contribution in [2.24, 2.45) is 0 Å². The summed E-state index contributed by atoms with van der Waals surface area (Å²) in [5, 5.41) is 12.8. The molecule has 0 aromatic heterocycles. The van der Waals surface area contributed by atoms with E-state index < -0.39 is 67.2 Å². The van der Waals surface area contributed by atoms with Crippen LogP contribution in [0, 0.1) is 0 Å². The Hall–Kier alpha value is -1.98. The second-order valence-corrected chi connectivity index (χ2v) is 7.70. The van der Waals surface area contributed by atoms with Gasteiger partial charge in [-0.05, 0) is 0 Å². The molecule has 2 heterocycles. The Kier molecular flexibility index (Phi) is 5.43. The zero-order valence-electron chi connectivity index (χ0n) is 11.3. The van der Waals surface area contributed by atoms with Crippen molar-refractivity contribution in [3.8, 4) is 0 Å². The molecule has 2 fully saturated rings. The Morgan fingerprint density at radius 3 is 1.04 bits per heavy atom. The maximum absolute atomic E-state index is 10.7. The van der Waals surface area contributed by atoms with Crippen molar-refractivity contribution in [3.63, 3.8) is 0 Å². The van der Waals surface area contributed by atoms with E-state index >= 15 is 0 Å². The van der Waals surface area contributed by atoms with Crippen LogP contribution in [0.2, 0.25) is 0 Å². The van der Waals surface area contributed by atoms with E-state index in [4.69, 9.17) is 19.5 Å². The van der Waals surface area contributed by atoms with E-state index in [1.807, 2.05) is 0 Å². The molecule has 136 valence electrons. The predicted molar refractivity (Wildman–Crippen MR) is 67.2 cm³/mol. The quantitative estimate of drug-likeness (QED) is 0.207. The van der Waals surface area contributed by atoms with Crippen LogP contribution in [0.25, 0.3) is 0 Å². The molecule has 2 atom stereocenters. The normalized spacial score (nSPS) is 25.2. The summed E-state index contributed by atoms with van der Waals surface area (Å²) in [5.74, 6) is -4.71. The van der Waals surface area contributed by atoms with Crippen molar-refractivity contribution < 1.29 is 55.5 Å². The third-order valence-electron chi connectivity index (χ3n) is 2.88. The zero-order chi connectivity index (χ0) is 19.0. The fraction of sp³-hybridized carbons (Fsp3) is 0.500. The summed E-state index contributed by atoms with van der Waals surface area (Å²) in [5.41, 5.74) is 0. The first-order valence-corrected chi connectivity index (χ1v) is 8.72. The van der Waals surface area contributed by atoms with Crippen LogP contribution in [-0.4, -0.2) is 80.6 Å². The van der Waals surface area contributed by atoms with Crippen LogP contribution >= 0.6 is 0 Å². The number of imide groups is 2. The van der Waals surface area contributed by atoms with Crippen molar-refractivity contribution in [1.82, 2.24) is 10.1 Å². The lowest BCUT2D eigenvalue weighted by Gasteiger charge is -2.02. The maximum atomic E-state index is 10.7. The summed E-state index contributed by atoms with van der Waals surface area (Å²) in [4.78, 5) is 42.4. The molecular weight excluding hydrogens is 380 g/mol. The first kappa shape index (κ1) is 20.1. The molecule has 14 nitrogen and oxygen atoms in total. The lowest BCUT2D eigenvalue weighted by Crippen LogP contribution is -2.32. The molecule has 16 heteroatoms. The number of hydrogen-bond acceptors (Lipinski definition) is 10. The second kappa shape index (κ2) is 6.49. The van der Waals surface area contributed by atoms with E-state index in [1.54, 1.807) is 0 Å². The third-order valence-corrected chi connectivity index (χ3v) is 5.05. The van der Waals surface area contributed by atoms with Gasteiger partial charge in [0.2, 0.25) is 0 Å². The molecule has 0 saturated carbocycles. The van der Waals surface area contributed by atoms with Crippen LogP contribution in [0.3, 0.4) is 0 Å². The van der Waals surface area contributed by atoms with Crippen molar-refractivity contribution in [2.45, 2.75) is 23.3 Å². The van der Waals surface area contributed by atoms with Crippen LogP contribution in [-0.2, 0) is 39.4 Å². The van der Waals surface area contributed by atoms with Crippen molar-refractivity contribution in [2.75, 3.05) is 0 Å². The highest BCUT2D eigenvalue weighted by Gasteiger charge is 2.46. The molecule has 0 radical (unpaired) electrons. The van der Waals surface area contributed by atoms with E-state index in [0.717, 1.165) is 0 Å². The highest BCUT2D eigenvalue weighted by molar-refractivity contribution is 7.87. The molecule has 2 saturated heterocycles. The molecule has 2 aliphatic rings. The van der Waals surface area contributed by atoms with Gasteiger partial charge in [-0.3, -0.25) is 38.7 Å². The van der Waals surface area contributed by atoms with Gasteiger partial charge in [0.25, 0.3) is 43.9 Å². The Balaban J connectivity index is 0.000000240. The maximum Gasteiger partial charge on any atom is 0.277 e. The van der Waals surface area contributed by atoms with E-state index in [0.29, 0.717) is 0 Å².